The quantitative estimate of drug-likeness (QED) is 0.333. The lowest BCUT2D eigenvalue weighted by Gasteiger charge is -2.19. The lowest BCUT2D eigenvalue weighted by atomic mass is 9.85. The highest BCUT2D eigenvalue weighted by molar-refractivity contribution is 14.1. The van der Waals surface area contributed by atoms with Gasteiger partial charge in [0.05, 0.1) is 5.76 Å². The van der Waals surface area contributed by atoms with E-state index in [1.54, 1.807) is 0 Å². The second-order valence-electron chi connectivity index (χ2n) is 4.89. The van der Waals surface area contributed by atoms with Gasteiger partial charge in [-0.1, -0.05) is 48.8 Å². The van der Waals surface area contributed by atoms with Gasteiger partial charge in [-0.3, -0.25) is 4.79 Å². The van der Waals surface area contributed by atoms with Gasteiger partial charge in [0.1, 0.15) is 0 Å². The van der Waals surface area contributed by atoms with Gasteiger partial charge in [0.15, 0.2) is 5.78 Å². The Hall–Kier alpha value is -0.0600. The molecule has 1 aliphatic rings. The van der Waals surface area contributed by atoms with Crippen molar-refractivity contribution in [3.05, 3.63) is 11.8 Å². The van der Waals surface area contributed by atoms with Crippen LogP contribution in [0.1, 0.15) is 51.9 Å². The minimum Gasteiger partial charge on any atom is -0.512 e. The molecule has 0 amide bonds. The van der Waals surface area contributed by atoms with Crippen LogP contribution in [0.3, 0.4) is 0 Å². The van der Waals surface area contributed by atoms with Gasteiger partial charge >= 0.3 is 0 Å². The first-order chi connectivity index (χ1) is 8.19. The number of rotatable bonds is 6. The number of aliphatic hydroxyl groups is 1. The van der Waals surface area contributed by atoms with Gasteiger partial charge in [-0.05, 0) is 25.7 Å². The summed E-state index contributed by atoms with van der Waals surface area (Å²) < 4.78 is 1.02. The summed E-state index contributed by atoms with van der Waals surface area (Å²) in [4.78, 5) is 12.0. The van der Waals surface area contributed by atoms with Crippen molar-refractivity contribution in [3.63, 3.8) is 0 Å². The summed E-state index contributed by atoms with van der Waals surface area (Å²) in [6.07, 6.45) is 8.96. The molecule has 0 aromatic carbocycles. The highest BCUT2D eigenvalue weighted by Crippen LogP contribution is 2.26. The number of hydrogen-bond acceptors (Lipinski definition) is 2. The minimum absolute atomic E-state index is 0.147. The molecule has 1 N–H and O–H groups in total. The topological polar surface area (TPSA) is 37.3 Å². The molecular formula is C14H23IO2. The molecule has 0 spiro atoms. The summed E-state index contributed by atoms with van der Waals surface area (Å²) in [5, 5.41) is 9.98. The molecule has 1 unspecified atom stereocenters. The van der Waals surface area contributed by atoms with Gasteiger partial charge in [-0.2, -0.15) is 0 Å². The lowest BCUT2D eigenvalue weighted by molar-refractivity contribution is -0.119. The zero-order chi connectivity index (χ0) is 12.7. The van der Waals surface area contributed by atoms with E-state index in [0.717, 1.165) is 43.0 Å². The van der Waals surface area contributed by atoms with Crippen LogP contribution < -0.4 is 0 Å². The summed E-state index contributed by atoms with van der Waals surface area (Å²) >= 11 is 2.31. The number of alkyl halides is 1. The molecule has 1 atom stereocenters. The molecule has 0 bridgehead atoms. The van der Waals surface area contributed by atoms with E-state index in [1.807, 2.05) is 0 Å². The molecule has 3 heteroatoms. The number of halogens is 1. The van der Waals surface area contributed by atoms with E-state index in [9.17, 15) is 9.90 Å². The van der Waals surface area contributed by atoms with E-state index in [-0.39, 0.29) is 17.6 Å². The largest absolute Gasteiger partial charge is 0.512 e. The van der Waals surface area contributed by atoms with Crippen molar-refractivity contribution in [1.82, 2.24) is 0 Å². The van der Waals surface area contributed by atoms with Crippen LogP contribution in [0.5, 0.6) is 0 Å². The van der Waals surface area contributed by atoms with Gasteiger partial charge in [-0.25, -0.2) is 0 Å². The van der Waals surface area contributed by atoms with Crippen molar-refractivity contribution in [2.75, 3.05) is 4.43 Å². The first-order valence-corrected chi connectivity index (χ1v) is 8.22. The number of hydrogen-bond donors (Lipinski definition) is 1. The third-order valence-corrected chi connectivity index (χ3v) is 4.29. The van der Waals surface area contributed by atoms with E-state index in [0.29, 0.717) is 5.76 Å². The fraction of sp³-hybridized carbons (Fsp3) is 0.786. The molecule has 0 aromatic rings. The molecule has 1 saturated carbocycles. The van der Waals surface area contributed by atoms with E-state index in [1.165, 1.54) is 12.5 Å². The van der Waals surface area contributed by atoms with Crippen LogP contribution in [0.4, 0.5) is 0 Å². The zero-order valence-electron chi connectivity index (χ0n) is 10.6. The van der Waals surface area contributed by atoms with Crippen LogP contribution in [-0.2, 0) is 4.79 Å². The Morgan fingerprint density at radius 3 is 2.59 bits per heavy atom. The second kappa shape index (κ2) is 8.11. The van der Waals surface area contributed by atoms with E-state index in [4.69, 9.17) is 0 Å². The van der Waals surface area contributed by atoms with Gasteiger partial charge in [0.25, 0.3) is 0 Å². The van der Waals surface area contributed by atoms with E-state index in [2.05, 4.69) is 29.5 Å². The highest BCUT2D eigenvalue weighted by Gasteiger charge is 2.21. The number of carbonyl (C=O) groups is 1. The molecular weight excluding hydrogens is 327 g/mol. The highest BCUT2D eigenvalue weighted by atomic mass is 127. The molecule has 98 valence electrons. The first kappa shape index (κ1) is 15.0. The fourth-order valence-electron chi connectivity index (χ4n) is 2.46. The zero-order valence-corrected chi connectivity index (χ0v) is 12.8. The Bertz CT molecular complexity index is 267. The van der Waals surface area contributed by atoms with Crippen LogP contribution in [0.25, 0.3) is 0 Å². The van der Waals surface area contributed by atoms with Crippen LogP contribution in [0, 0.1) is 11.8 Å². The molecule has 2 nitrogen and oxygen atoms in total. The lowest BCUT2D eigenvalue weighted by Crippen LogP contribution is -2.17. The Labute approximate surface area is 118 Å². The molecule has 17 heavy (non-hydrogen) atoms. The van der Waals surface area contributed by atoms with Crippen molar-refractivity contribution in [1.29, 1.82) is 0 Å². The number of allylic oxidation sites excluding steroid dienone is 2. The Kier molecular flexibility index (Phi) is 7.16. The van der Waals surface area contributed by atoms with E-state index < -0.39 is 0 Å². The maximum absolute atomic E-state index is 12.0. The Balaban J connectivity index is 2.55. The molecule has 0 heterocycles. The summed E-state index contributed by atoms with van der Waals surface area (Å²) in [5.74, 6) is 0.788. The van der Waals surface area contributed by atoms with Crippen LogP contribution in [0.15, 0.2) is 11.8 Å². The molecule has 0 aliphatic heterocycles. The maximum atomic E-state index is 12.0. The van der Waals surface area contributed by atoms with Crippen molar-refractivity contribution < 1.29 is 9.90 Å². The third kappa shape index (κ3) is 4.98. The summed E-state index contributed by atoms with van der Waals surface area (Å²) in [6.45, 7) is 2.06. The summed E-state index contributed by atoms with van der Waals surface area (Å²) in [5.41, 5.74) is 0. The molecule has 0 saturated heterocycles. The SMILES string of the molecule is CCC(CCI)C(O)=CC(=O)C1CCCCC1. The number of ketones is 1. The van der Waals surface area contributed by atoms with Crippen LogP contribution >= 0.6 is 22.6 Å². The Morgan fingerprint density at radius 2 is 2.06 bits per heavy atom. The van der Waals surface area contributed by atoms with Gasteiger partial charge in [0.2, 0.25) is 0 Å². The summed E-state index contributed by atoms with van der Waals surface area (Å²) in [7, 11) is 0. The fourth-order valence-corrected chi connectivity index (χ4v) is 3.21. The summed E-state index contributed by atoms with van der Waals surface area (Å²) in [6, 6.07) is 0. The standard InChI is InChI=1S/C14H23IO2/c1-2-11(8-9-15)13(16)10-14(17)12-6-4-3-5-7-12/h10-12,16H,2-9H2,1H3. The molecule has 0 radical (unpaired) electrons. The van der Waals surface area contributed by atoms with Crippen molar-refractivity contribution >= 4 is 28.4 Å². The monoisotopic (exact) mass is 350 g/mol. The normalized spacial score (nSPS) is 20.2. The molecule has 0 aromatic heterocycles. The second-order valence-corrected chi connectivity index (χ2v) is 5.97. The number of aliphatic hydroxyl groups excluding tert-OH is 1. The average molecular weight is 350 g/mol. The predicted molar refractivity (Wildman–Crippen MR) is 79.6 cm³/mol. The van der Waals surface area contributed by atoms with Gasteiger partial charge in [-0.15, -0.1) is 0 Å². The van der Waals surface area contributed by atoms with Crippen LogP contribution in [0.2, 0.25) is 0 Å². The molecule has 1 rings (SSSR count). The van der Waals surface area contributed by atoms with Crippen molar-refractivity contribution in [2.24, 2.45) is 11.8 Å². The van der Waals surface area contributed by atoms with Gasteiger partial charge in [0, 0.05) is 22.3 Å². The van der Waals surface area contributed by atoms with Gasteiger partial charge < -0.3 is 5.11 Å². The minimum atomic E-state index is 0.147. The van der Waals surface area contributed by atoms with Crippen molar-refractivity contribution in [3.8, 4) is 0 Å². The smallest absolute Gasteiger partial charge is 0.162 e. The Morgan fingerprint density at radius 1 is 1.41 bits per heavy atom. The maximum Gasteiger partial charge on any atom is 0.162 e. The third-order valence-electron chi connectivity index (χ3n) is 3.67. The van der Waals surface area contributed by atoms with E-state index >= 15 is 0 Å². The molecule has 1 fully saturated rings. The average Bonchev–Trinajstić information content (AvgIpc) is 2.36. The van der Waals surface area contributed by atoms with Crippen LogP contribution in [-0.4, -0.2) is 15.3 Å². The van der Waals surface area contributed by atoms with Crippen molar-refractivity contribution in [2.45, 2.75) is 51.9 Å². The predicted octanol–water partition coefficient (Wildman–Crippen LogP) is 4.43. The molecule has 1 aliphatic carbocycles. The first-order valence-electron chi connectivity index (χ1n) is 6.69. The number of carbonyl (C=O) groups excluding carboxylic acids is 1.